The molecule has 1 fully saturated rings. The van der Waals surface area contributed by atoms with Crippen molar-refractivity contribution in [2.75, 3.05) is 24.5 Å². The maximum atomic E-state index is 12.8. The molecule has 0 saturated carbocycles. The Bertz CT molecular complexity index is 964. The van der Waals surface area contributed by atoms with Gasteiger partial charge in [-0.25, -0.2) is 4.68 Å². The van der Waals surface area contributed by atoms with E-state index in [0.29, 0.717) is 23.8 Å². The van der Waals surface area contributed by atoms with Gasteiger partial charge in [0.25, 0.3) is 0 Å². The Hall–Kier alpha value is -2.64. The van der Waals surface area contributed by atoms with Crippen LogP contribution in [-0.2, 0) is 4.79 Å². The molecular formula is C22H29ClN6O. The van der Waals surface area contributed by atoms with Crippen molar-refractivity contribution in [3.63, 3.8) is 0 Å². The largest absolute Gasteiger partial charge is 0.353 e. The van der Waals surface area contributed by atoms with E-state index >= 15 is 0 Å². The monoisotopic (exact) mass is 428 g/mol. The summed E-state index contributed by atoms with van der Waals surface area (Å²) < 4.78 is 1.76. The van der Waals surface area contributed by atoms with E-state index in [1.807, 2.05) is 25.1 Å². The molecular weight excluding hydrogens is 400 g/mol. The van der Waals surface area contributed by atoms with Gasteiger partial charge in [0.15, 0.2) is 5.82 Å². The van der Waals surface area contributed by atoms with Crippen LogP contribution in [0.4, 0.5) is 5.82 Å². The number of aromatic nitrogens is 3. The molecule has 3 rings (SSSR count). The topological polar surface area (TPSA) is 89.1 Å². The second-order valence-electron chi connectivity index (χ2n) is 7.23. The SMILES string of the molecule is C=C(/C=C\C(Cl)=C/CC)n1nc(N2CCCCC2C(=O)NCCN)c2ccncc21. The lowest BCUT2D eigenvalue weighted by Gasteiger charge is -2.35. The van der Waals surface area contributed by atoms with E-state index in [2.05, 4.69) is 21.8 Å². The maximum absolute atomic E-state index is 12.8. The Morgan fingerprint density at radius 3 is 3.03 bits per heavy atom. The molecule has 160 valence electrons. The van der Waals surface area contributed by atoms with Crippen LogP contribution in [0, 0.1) is 0 Å². The number of carbonyl (C=O) groups is 1. The van der Waals surface area contributed by atoms with Gasteiger partial charge in [-0.3, -0.25) is 9.78 Å². The predicted octanol–water partition coefficient (Wildman–Crippen LogP) is 3.42. The van der Waals surface area contributed by atoms with Crippen molar-refractivity contribution in [3.05, 3.63) is 48.3 Å². The first-order valence-corrected chi connectivity index (χ1v) is 10.7. The molecule has 1 amide bonds. The minimum Gasteiger partial charge on any atom is -0.353 e. The molecule has 1 saturated heterocycles. The van der Waals surface area contributed by atoms with Gasteiger partial charge < -0.3 is 16.0 Å². The van der Waals surface area contributed by atoms with Crippen LogP contribution >= 0.6 is 11.6 Å². The standard InChI is InChI=1S/C22H29ClN6O/c1-3-6-17(23)9-8-16(2)29-20-15-25-12-10-18(20)21(27-29)28-14-5-4-7-19(28)22(30)26-13-11-24/h6,8-10,12,15,19H,2-5,7,11,13-14,24H2,1H3,(H,26,30)/b9-8-,17-6+. The van der Waals surface area contributed by atoms with Crippen LogP contribution in [0.1, 0.15) is 32.6 Å². The second kappa shape index (κ2) is 10.4. The normalized spacial score (nSPS) is 17.6. The molecule has 8 heteroatoms. The number of halogens is 1. The van der Waals surface area contributed by atoms with Crippen LogP contribution in [0.2, 0.25) is 0 Å². The molecule has 30 heavy (non-hydrogen) atoms. The molecule has 7 nitrogen and oxygen atoms in total. The zero-order valence-electron chi connectivity index (χ0n) is 17.4. The number of piperidine rings is 1. The molecule has 0 radical (unpaired) electrons. The highest BCUT2D eigenvalue weighted by molar-refractivity contribution is 6.31. The molecule has 2 aromatic rings. The summed E-state index contributed by atoms with van der Waals surface area (Å²) in [4.78, 5) is 19.1. The second-order valence-corrected chi connectivity index (χ2v) is 7.67. The van der Waals surface area contributed by atoms with Gasteiger partial charge in [0.05, 0.1) is 17.4 Å². The maximum Gasteiger partial charge on any atom is 0.242 e. The van der Waals surface area contributed by atoms with Crippen molar-refractivity contribution in [2.45, 2.75) is 38.6 Å². The van der Waals surface area contributed by atoms with Gasteiger partial charge in [0.2, 0.25) is 5.91 Å². The average molecular weight is 429 g/mol. The van der Waals surface area contributed by atoms with Crippen molar-refractivity contribution in [1.29, 1.82) is 0 Å². The first-order chi connectivity index (χ1) is 14.6. The van der Waals surface area contributed by atoms with Gasteiger partial charge >= 0.3 is 0 Å². The van der Waals surface area contributed by atoms with E-state index < -0.39 is 0 Å². The number of nitrogens with zero attached hydrogens (tertiary/aromatic N) is 4. The van der Waals surface area contributed by atoms with Crippen molar-refractivity contribution in [2.24, 2.45) is 5.73 Å². The van der Waals surface area contributed by atoms with Crippen molar-refractivity contribution < 1.29 is 4.79 Å². The third kappa shape index (κ3) is 4.91. The molecule has 0 aromatic carbocycles. The number of rotatable bonds is 8. The number of carbonyl (C=O) groups excluding carboxylic acids is 1. The Balaban J connectivity index is 1.97. The number of allylic oxidation sites excluding steroid dienone is 5. The lowest BCUT2D eigenvalue weighted by atomic mass is 10.0. The Kier molecular flexibility index (Phi) is 7.65. The summed E-state index contributed by atoms with van der Waals surface area (Å²) in [5.74, 6) is 0.761. The Morgan fingerprint density at radius 1 is 1.43 bits per heavy atom. The fourth-order valence-electron chi connectivity index (χ4n) is 3.66. The zero-order chi connectivity index (χ0) is 21.5. The predicted molar refractivity (Wildman–Crippen MR) is 123 cm³/mol. The summed E-state index contributed by atoms with van der Waals surface area (Å²) in [5, 5.41) is 9.35. The van der Waals surface area contributed by atoms with Crippen molar-refractivity contribution in [3.8, 4) is 0 Å². The summed E-state index contributed by atoms with van der Waals surface area (Å²) in [6, 6.07) is 1.66. The van der Waals surface area contributed by atoms with Gasteiger partial charge in [-0.2, -0.15) is 0 Å². The number of hydrogen-bond acceptors (Lipinski definition) is 5. The first-order valence-electron chi connectivity index (χ1n) is 10.4. The van der Waals surface area contributed by atoms with Gasteiger partial charge in [-0.1, -0.05) is 31.2 Å². The van der Waals surface area contributed by atoms with Crippen molar-refractivity contribution in [1.82, 2.24) is 20.1 Å². The molecule has 3 N–H and O–H groups in total. The highest BCUT2D eigenvalue weighted by Crippen LogP contribution is 2.32. The van der Waals surface area contributed by atoms with E-state index in [0.717, 1.165) is 48.9 Å². The summed E-state index contributed by atoms with van der Waals surface area (Å²) in [6.07, 6.45) is 12.7. The molecule has 1 aliphatic rings. The number of amides is 1. The fraction of sp³-hybridized carbons (Fsp3) is 0.409. The number of pyridine rings is 1. The Labute approximate surface area is 182 Å². The van der Waals surface area contributed by atoms with Crippen LogP contribution in [-0.4, -0.2) is 46.3 Å². The number of nitrogens with two attached hydrogens (primary N) is 1. The third-order valence-electron chi connectivity index (χ3n) is 5.09. The third-order valence-corrected chi connectivity index (χ3v) is 5.37. The van der Waals surface area contributed by atoms with Gasteiger partial charge in [0, 0.05) is 36.2 Å². The van der Waals surface area contributed by atoms with E-state index in [1.54, 1.807) is 23.2 Å². The highest BCUT2D eigenvalue weighted by Gasteiger charge is 2.31. The smallest absolute Gasteiger partial charge is 0.242 e. The highest BCUT2D eigenvalue weighted by atomic mass is 35.5. The molecule has 1 unspecified atom stereocenters. The Morgan fingerprint density at radius 2 is 2.27 bits per heavy atom. The van der Waals surface area contributed by atoms with E-state index in [-0.39, 0.29) is 11.9 Å². The minimum absolute atomic E-state index is 0.00730. The molecule has 3 heterocycles. The molecule has 1 aliphatic heterocycles. The molecule has 2 aromatic heterocycles. The minimum atomic E-state index is -0.268. The number of hydrogen-bond donors (Lipinski definition) is 2. The number of fused-ring (bicyclic) bond motifs is 1. The molecule has 0 spiro atoms. The van der Waals surface area contributed by atoms with Crippen LogP contribution in [0.3, 0.4) is 0 Å². The number of anilines is 1. The van der Waals surface area contributed by atoms with E-state index in [9.17, 15) is 4.79 Å². The van der Waals surface area contributed by atoms with Crippen LogP contribution in [0.15, 0.2) is 48.3 Å². The zero-order valence-corrected chi connectivity index (χ0v) is 18.1. The number of nitrogens with one attached hydrogen (secondary N) is 1. The van der Waals surface area contributed by atoms with E-state index in [1.165, 1.54) is 0 Å². The lowest BCUT2D eigenvalue weighted by Crippen LogP contribution is -2.50. The van der Waals surface area contributed by atoms with Crippen LogP contribution in [0.25, 0.3) is 16.6 Å². The molecule has 0 bridgehead atoms. The summed E-state index contributed by atoms with van der Waals surface area (Å²) in [5.41, 5.74) is 7.06. The summed E-state index contributed by atoms with van der Waals surface area (Å²) in [7, 11) is 0. The first kappa shape index (κ1) is 22.1. The van der Waals surface area contributed by atoms with E-state index in [4.69, 9.17) is 22.4 Å². The van der Waals surface area contributed by atoms with Crippen LogP contribution in [0.5, 0.6) is 0 Å². The molecule has 1 atom stereocenters. The fourth-order valence-corrected chi connectivity index (χ4v) is 3.88. The quantitative estimate of drug-likeness (QED) is 0.629. The summed E-state index contributed by atoms with van der Waals surface area (Å²) >= 11 is 6.18. The van der Waals surface area contributed by atoms with Crippen LogP contribution < -0.4 is 16.0 Å². The van der Waals surface area contributed by atoms with Crippen molar-refractivity contribution >= 4 is 39.9 Å². The summed E-state index contributed by atoms with van der Waals surface area (Å²) in [6.45, 7) is 7.83. The van der Waals surface area contributed by atoms with Gasteiger partial charge in [0.1, 0.15) is 6.04 Å². The van der Waals surface area contributed by atoms with Gasteiger partial charge in [-0.15, -0.1) is 5.10 Å². The van der Waals surface area contributed by atoms with Gasteiger partial charge in [-0.05, 0) is 43.9 Å². The average Bonchev–Trinajstić information content (AvgIpc) is 3.15. The molecule has 0 aliphatic carbocycles. The lowest BCUT2D eigenvalue weighted by molar-refractivity contribution is -0.122.